The molecule has 0 aromatic rings. The first-order valence-corrected chi connectivity index (χ1v) is 5.17. The highest BCUT2D eigenvalue weighted by atomic mass is 16.1. The second-order valence-electron chi connectivity index (χ2n) is 4.11. The zero-order chi connectivity index (χ0) is 9.90. The third kappa shape index (κ3) is 2.02. The van der Waals surface area contributed by atoms with Crippen LogP contribution in [0.2, 0.25) is 0 Å². The van der Waals surface area contributed by atoms with Gasteiger partial charge in [-0.1, -0.05) is 26.2 Å². The van der Waals surface area contributed by atoms with E-state index in [0.29, 0.717) is 12.5 Å². The SMILES string of the molecule is CCCCCC1(C(N)=O)CC1CN. The van der Waals surface area contributed by atoms with Crippen molar-refractivity contribution in [1.29, 1.82) is 0 Å². The average Bonchev–Trinajstić information content (AvgIpc) is 2.81. The van der Waals surface area contributed by atoms with Crippen molar-refractivity contribution in [2.75, 3.05) is 6.54 Å². The summed E-state index contributed by atoms with van der Waals surface area (Å²) in [6.07, 6.45) is 5.34. The fourth-order valence-electron chi connectivity index (χ4n) is 2.11. The molecule has 3 nitrogen and oxygen atoms in total. The third-order valence-electron chi connectivity index (χ3n) is 3.23. The monoisotopic (exact) mass is 184 g/mol. The third-order valence-corrected chi connectivity index (χ3v) is 3.23. The normalized spacial score (nSPS) is 31.7. The summed E-state index contributed by atoms with van der Waals surface area (Å²) >= 11 is 0. The van der Waals surface area contributed by atoms with E-state index < -0.39 is 0 Å². The van der Waals surface area contributed by atoms with Gasteiger partial charge in [0.1, 0.15) is 0 Å². The van der Waals surface area contributed by atoms with E-state index in [9.17, 15) is 4.79 Å². The number of nitrogens with two attached hydrogens (primary N) is 2. The molecule has 1 aliphatic rings. The van der Waals surface area contributed by atoms with Gasteiger partial charge in [0.2, 0.25) is 5.91 Å². The van der Waals surface area contributed by atoms with Gasteiger partial charge in [0, 0.05) is 0 Å². The second-order valence-corrected chi connectivity index (χ2v) is 4.11. The number of carbonyl (C=O) groups is 1. The van der Waals surface area contributed by atoms with Crippen LogP contribution in [-0.4, -0.2) is 12.5 Å². The Labute approximate surface area is 79.9 Å². The Morgan fingerprint density at radius 2 is 2.23 bits per heavy atom. The highest BCUT2D eigenvalue weighted by Crippen LogP contribution is 2.55. The largest absolute Gasteiger partial charge is 0.369 e. The predicted molar refractivity (Wildman–Crippen MR) is 52.9 cm³/mol. The number of hydrogen-bond acceptors (Lipinski definition) is 2. The Hall–Kier alpha value is -0.570. The van der Waals surface area contributed by atoms with E-state index in [4.69, 9.17) is 11.5 Å². The minimum absolute atomic E-state index is 0.140. The minimum Gasteiger partial charge on any atom is -0.369 e. The van der Waals surface area contributed by atoms with Gasteiger partial charge >= 0.3 is 0 Å². The second kappa shape index (κ2) is 4.09. The maximum Gasteiger partial charge on any atom is 0.223 e. The number of hydrogen-bond donors (Lipinski definition) is 2. The van der Waals surface area contributed by atoms with E-state index in [1.165, 1.54) is 12.8 Å². The van der Waals surface area contributed by atoms with Crippen LogP contribution in [-0.2, 0) is 4.79 Å². The topological polar surface area (TPSA) is 69.1 Å². The quantitative estimate of drug-likeness (QED) is 0.605. The summed E-state index contributed by atoms with van der Waals surface area (Å²) in [6.45, 7) is 2.76. The Balaban J connectivity index is 2.38. The Morgan fingerprint density at radius 3 is 2.62 bits per heavy atom. The first-order valence-electron chi connectivity index (χ1n) is 5.17. The van der Waals surface area contributed by atoms with Crippen LogP contribution in [0, 0.1) is 11.3 Å². The Kier molecular flexibility index (Phi) is 3.31. The molecule has 0 radical (unpaired) electrons. The lowest BCUT2D eigenvalue weighted by Gasteiger charge is -2.11. The van der Waals surface area contributed by atoms with Crippen molar-refractivity contribution in [3.8, 4) is 0 Å². The fraction of sp³-hybridized carbons (Fsp3) is 0.900. The van der Waals surface area contributed by atoms with Crippen molar-refractivity contribution in [2.24, 2.45) is 22.8 Å². The molecule has 0 spiro atoms. The van der Waals surface area contributed by atoms with Gasteiger partial charge in [0.25, 0.3) is 0 Å². The zero-order valence-corrected chi connectivity index (χ0v) is 8.38. The molecule has 1 fully saturated rings. The van der Waals surface area contributed by atoms with Crippen molar-refractivity contribution < 1.29 is 4.79 Å². The van der Waals surface area contributed by atoms with E-state index in [0.717, 1.165) is 19.3 Å². The molecule has 0 aromatic carbocycles. The van der Waals surface area contributed by atoms with Gasteiger partial charge in [0.05, 0.1) is 5.41 Å². The Bertz CT molecular complexity index is 193. The van der Waals surface area contributed by atoms with Crippen LogP contribution in [0.15, 0.2) is 0 Å². The lowest BCUT2D eigenvalue weighted by atomic mass is 9.95. The molecule has 0 aromatic heterocycles. The van der Waals surface area contributed by atoms with E-state index in [1.54, 1.807) is 0 Å². The van der Waals surface area contributed by atoms with Gasteiger partial charge in [-0.05, 0) is 25.3 Å². The van der Waals surface area contributed by atoms with Crippen LogP contribution in [0.4, 0.5) is 0 Å². The summed E-state index contributed by atoms with van der Waals surface area (Å²) < 4.78 is 0. The van der Waals surface area contributed by atoms with Crippen LogP contribution in [0.3, 0.4) is 0 Å². The highest BCUT2D eigenvalue weighted by Gasteiger charge is 2.57. The van der Waals surface area contributed by atoms with Crippen molar-refractivity contribution >= 4 is 5.91 Å². The fourth-order valence-corrected chi connectivity index (χ4v) is 2.11. The molecule has 3 heteroatoms. The Morgan fingerprint density at radius 1 is 1.54 bits per heavy atom. The van der Waals surface area contributed by atoms with E-state index in [2.05, 4.69) is 6.92 Å². The van der Waals surface area contributed by atoms with Crippen LogP contribution in [0.5, 0.6) is 0 Å². The molecule has 1 rings (SSSR count). The van der Waals surface area contributed by atoms with Gasteiger partial charge in [-0.25, -0.2) is 0 Å². The molecule has 4 N–H and O–H groups in total. The molecule has 1 amide bonds. The summed E-state index contributed by atoms with van der Waals surface area (Å²) in [5.41, 5.74) is 10.7. The highest BCUT2D eigenvalue weighted by molar-refractivity contribution is 5.84. The summed E-state index contributed by atoms with van der Waals surface area (Å²) in [6, 6.07) is 0. The summed E-state index contributed by atoms with van der Waals surface area (Å²) in [5.74, 6) is 0.223. The number of unbranched alkanes of at least 4 members (excludes halogenated alkanes) is 2. The minimum atomic E-state index is -0.218. The van der Waals surface area contributed by atoms with Gasteiger partial charge in [-0.2, -0.15) is 0 Å². The number of amides is 1. The van der Waals surface area contributed by atoms with Crippen LogP contribution >= 0.6 is 0 Å². The molecule has 1 aliphatic carbocycles. The molecule has 0 aliphatic heterocycles. The smallest absolute Gasteiger partial charge is 0.223 e. The lowest BCUT2D eigenvalue weighted by molar-refractivity contribution is -0.123. The maximum atomic E-state index is 11.2. The van der Waals surface area contributed by atoms with Gasteiger partial charge < -0.3 is 11.5 Å². The van der Waals surface area contributed by atoms with Crippen LogP contribution in [0.25, 0.3) is 0 Å². The zero-order valence-electron chi connectivity index (χ0n) is 8.38. The summed E-state index contributed by atoms with van der Waals surface area (Å²) in [5, 5.41) is 0. The van der Waals surface area contributed by atoms with Crippen molar-refractivity contribution in [3.05, 3.63) is 0 Å². The number of carbonyl (C=O) groups excluding carboxylic acids is 1. The van der Waals surface area contributed by atoms with Crippen molar-refractivity contribution in [3.63, 3.8) is 0 Å². The number of rotatable bonds is 6. The van der Waals surface area contributed by atoms with Crippen LogP contribution in [0.1, 0.15) is 39.0 Å². The first kappa shape index (κ1) is 10.5. The van der Waals surface area contributed by atoms with Crippen molar-refractivity contribution in [2.45, 2.75) is 39.0 Å². The summed E-state index contributed by atoms with van der Waals surface area (Å²) in [4.78, 5) is 11.2. The average molecular weight is 184 g/mol. The molecule has 0 saturated heterocycles. The molecule has 76 valence electrons. The molecule has 2 atom stereocenters. The summed E-state index contributed by atoms with van der Waals surface area (Å²) in [7, 11) is 0. The first-order chi connectivity index (χ1) is 6.17. The van der Waals surface area contributed by atoms with Gasteiger partial charge in [-0.15, -0.1) is 0 Å². The molecule has 0 heterocycles. The van der Waals surface area contributed by atoms with E-state index in [1.807, 2.05) is 0 Å². The van der Waals surface area contributed by atoms with E-state index >= 15 is 0 Å². The lowest BCUT2D eigenvalue weighted by Crippen LogP contribution is -2.28. The molecular weight excluding hydrogens is 164 g/mol. The number of primary amides is 1. The van der Waals surface area contributed by atoms with Crippen molar-refractivity contribution in [1.82, 2.24) is 0 Å². The van der Waals surface area contributed by atoms with E-state index in [-0.39, 0.29) is 11.3 Å². The maximum absolute atomic E-state index is 11.2. The van der Waals surface area contributed by atoms with Gasteiger partial charge in [-0.3, -0.25) is 4.79 Å². The standard InChI is InChI=1S/C10H20N2O/c1-2-3-4-5-10(9(12)13)6-8(10)7-11/h8H,2-7,11H2,1H3,(H2,12,13). The molecule has 2 unspecified atom stereocenters. The predicted octanol–water partition coefficient (Wildman–Crippen LogP) is 1.02. The molecule has 1 saturated carbocycles. The van der Waals surface area contributed by atoms with Gasteiger partial charge in [0.15, 0.2) is 0 Å². The molecule has 13 heavy (non-hydrogen) atoms. The molecular formula is C10H20N2O. The molecule has 0 bridgehead atoms. The van der Waals surface area contributed by atoms with Crippen LogP contribution < -0.4 is 11.5 Å².